The molecule has 0 bridgehead atoms. The van der Waals surface area contributed by atoms with Crippen molar-refractivity contribution in [2.24, 2.45) is 12.5 Å². The first-order valence-electron chi connectivity index (χ1n) is 9.49. The van der Waals surface area contributed by atoms with Crippen LogP contribution in [-0.4, -0.2) is 35.4 Å². The second-order valence-electron chi connectivity index (χ2n) is 7.95. The highest BCUT2D eigenvalue weighted by Gasteiger charge is 2.41. The standard InChI is InChI=1S/C20H24Cl2N4O2/c1-12-10-20(11-28-12)6-8-26(9-7-20)19-24-17(23)15(18(27)25(19)2)13-4-3-5-14(21)16(13)22/h3-5,12H,6-11,23H2,1-2H3/t12-/m0/s1. The van der Waals surface area contributed by atoms with Crippen LogP contribution < -0.4 is 16.2 Å². The molecule has 0 unspecified atom stereocenters. The fourth-order valence-electron chi connectivity index (χ4n) is 4.42. The van der Waals surface area contributed by atoms with Gasteiger partial charge in [-0.2, -0.15) is 4.98 Å². The second-order valence-corrected chi connectivity index (χ2v) is 8.74. The third-order valence-corrected chi connectivity index (χ3v) is 6.84. The zero-order chi connectivity index (χ0) is 20.1. The van der Waals surface area contributed by atoms with E-state index in [1.54, 1.807) is 29.8 Å². The molecule has 1 aromatic carbocycles. The summed E-state index contributed by atoms with van der Waals surface area (Å²) in [4.78, 5) is 19.8. The minimum Gasteiger partial charge on any atom is -0.383 e. The Bertz CT molecular complexity index is 967. The molecule has 8 heteroatoms. The number of anilines is 2. The first-order chi connectivity index (χ1) is 13.3. The van der Waals surface area contributed by atoms with Crippen LogP contribution in [0, 0.1) is 5.41 Å². The van der Waals surface area contributed by atoms with Crippen LogP contribution in [0.25, 0.3) is 11.1 Å². The Kier molecular flexibility index (Phi) is 5.06. The zero-order valence-electron chi connectivity index (χ0n) is 16.0. The van der Waals surface area contributed by atoms with Crippen molar-refractivity contribution in [2.45, 2.75) is 32.3 Å². The van der Waals surface area contributed by atoms with Gasteiger partial charge >= 0.3 is 0 Å². The normalized spacial score (nSPS) is 21.4. The van der Waals surface area contributed by atoms with Crippen molar-refractivity contribution in [3.8, 4) is 11.1 Å². The molecule has 6 nitrogen and oxygen atoms in total. The molecule has 28 heavy (non-hydrogen) atoms. The predicted octanol–water partition coefficient (Wildman–Crippen LogP) is 3.73. The fraction of sp³-hybridized carbons (Fsp3) is 0.500. The van der Waals surface area contributed by atoms with Gasteiger partial charge in [0, 0.05) is 25.7 Å². The quantitative estimate of drug-likeness (QED) is 0.797. The molecule has 150 valence electrons. The van der Waals surface area contributed by atoms with Gasteiger partial charge in [-0.1, -0.05) is 35.3 Å². The van der Waals surface area contributed by atoms with Crippen molar-refractivity contribution in [3.63, 3.8) is 0 Å². The molecule has 2 saturated heterocycles. The number of nitrogen functional groups attached to an aromatic ring is 1. The van der Waals surface area contributed by atoms with Gasteiger partial charge in [0.2, 0.25) is 5.95 Å². The fourth-order valence-corrected chi connectivity index (χ4v) is 4.81. The predicted molar refractivity (Wildman–Crippen MR) is 113 cm³/mol. The van der Waals surface area contributed by atoms with E-state index in [1.807, 2.05) is 0 Å². The van der Waals surface area contributed by atoms with Crippen LogP contribution >= 0.6 is 23.2 Å². The maximum atomic E-state index is 13.1. The summed E-state index contributed by atoms with van der Waals surface area (Å²) in [7, 11) is 1.72. The molecule has 1 spiro atoms. The van der Waals surface area contributed by atoms with E-state index in [0.29, 0.717) is 27.7 Å². The van der Waals surface area contributed by atoms with Gasteiger partial charge in [0.15, 0.2) is 0 Å². The van der Waals surface area contributed by atoms with E-state index >= 15 is 0 Å². The van der Waals surface area contributed by atoms with Gasteiger partial charge in [-0.25, -0.2) is 0 Å². The van der Waals surface area contributed by atoms with E-state index in [0.717, 1.165) is 39.0 Å². The molecule has 0 aliphatic carbocycles. The van der Waals surface area contributed by atoms with Crippen molar-refractivity contribution < 1.29 is 4.74 Å². The van der Waals surface area contributed by atoms with Crippen LogP contribution in [0.15, 0.2) is 23.0 Å². The van der Waals surface area contributed by atoms with Crippen molar-refractivity contribution in [1.29, 1.82) is 0 Å². The summed E-state index contributed by atoms with van der Waals surface area (Å²) < 4.78 is 7.35. The number of benzene rings is 1. The number of ether oxygens (including phenoxy) is 1. The first kappa shape index (κ1) is 19.6. The first-order valence-corrected chi connectivity index (χ1v) is 10.2. The maximum Gasteiger partial charge on any atom is 0.264 e. The molecule has 2 aliphatic heterocycles. The maximum absolute atomic E-state index is 13.1. The summed E-state index contributed by atoms with van der Waals surface area (Å²) in [5.74, 6) is 0.756. The summed E-state index contributed by atoms with van der Waals surface area (Å²) in [6.45, 7) is 4.61. The van der Waals surface area contributed by atoms with Crippen molar-refractivity contribution in [2.75, 3.05) is 30.3 Å². The molecule has 0 radical (unpaired) electrons. The van der Waals surface area contributed by atoms with Gasteiger partial charge in [0.1, 0.15) is 5.82 Å². The molecule has 2 aliphatic rings. The van der Waals surface area contributed by atoms with Crippen molar-refractivity contribution in [1.82, 2.24) is 9.55 Å². The van der Waals surface area contributed by atoms with Gasteiger partial charge in [0.05, 0.1) is 28.3 Å². The van der Waals surface area contributed by atoms with E-state index < -0.39 is 0 Å². The van der Waals surface area contributed by atoms with Gasteiger partial charge < -0.3 is 15.4 Å². The Labute approximate surface area is 174 Å². The Morgan fingerprint density at radius 2 is 2.00 bits per heavy atom. The van der Waals surface area contributed by atoms with Crippen LogP contribution in [-0.2, 0) is 11.8 Å². The summed E-state index contributed by atoms with van der Waals surface area (Å²) in [6.07, 6.45) is 3.47. The SMILES string of the molecule is C[C@H]1CC2(CCN(c3nc(N)c(-c4cccc(Cl)c4Cl)c(=O)n3C)CC2)CO1. The number of hydrogen-bond donors (Lipinski definition) is 1. The topological polar surface area (TPSA) is 73.4 Å². The molecular formula is C20H24Cl2N4O2. The van der Waals surface area contributed by atoms with Crippen LogP contribution in [0.1, 0.15) is 26.2 Å². The number of nitrogens with zero attached hydrogens (tertiary/aromatic N) is 3. The molecule has 3 heterocycles. The van der Waals surface area contributed by atoms with Gasteiger partial charge in [0.25, 0.3) is 5.56 Å². The smallest absolute Gasteiger partial charge is 0.264 e. The molecule has 1 aromatic heterocycles. The monoisotopic (exact) mass is 422 g/mol. The highest BCUT2D eigenvalue weighted by atomic mass is 35.5. The lowest BCUT2D eigenvalue weighted by Crippen LogP contribution is -2.43. The lowest BCUT2D eigenvalue weighted by Gasteiger charge is -2.39. The van der Waals surface area contributed by atoms with Gasteiger partial charge in [-0.05, 0) is 37.7 Å². The molecule has 2 aromatic rings. The van der Waals surface area contributed by atoms with E-state index in [1.165, 1.54) is 0 Å². The lowest BCUT2D eigenvalue weighted by molar-refractivity contribution is 0.0974. The highest BCUT2D eigenvalue weighted by molar-refractivity contribution is 6.43. The summed E-state index contributed by atoms with van der Waals surface area (Å²) >= 11 is 12.4. The molecule has 2 N–H and O–H groups in total. The minimum atomic E-state index is -0.232. The third-order valence-electron chi connectivity index (χ3n) is 6.02. The molecule has 0 saturated carbocycles. The van der Waals surface area contributed by atoms with Crippen LogP contribution in [0.5, 0.6) is 0 Å². The molecule has 2 fully saturated rings. The van der Waals surface area contributed by atoms with Crippen LogP contribution in [0.2, 0.25) is 10.0 Å². The number of nitrogens with two attached hydrogens (primary N) is 1. The van der Waals surface area contributed by atoms with Crippen molar-refractivity contribution >= 4 is 35.0 Å². The average Bonchev–Trinajstić information content (AvgIpc) is 3.03. The van der Waals surface area contributed by atoms with E-state index in [4.69, 9.17) is 33.7 Å². The number of piperidine rings is 1. The number of rotatable bonds is 2. The Morgan fingerprint density at radius 1 is 1.29 bits per heavy atom. The van der Waals surface area contributed by atoms with E-state index in [9.17, 15) is 4.79 Å². The summed E-state index contributed by atoms with van der Waals surface area (Å²) in [5, 5.41) is 0.678. The molecule has 0 amide bonds. The van der Waals surface area contributed by atoms with Crippen LogP contribution in [0.4, 0.5) is 11.8 Å². The molecule has 1 atom stereocenters. The Balaban J connectivity index is 1.66. The average molecular weight is 423 g/mol. The number of hydrogen-bond acceptors (Lipinski definition) is 5. The Hall–Kier alpha value is -1.76. The summed E-state index contributed by atoms with van der Waals surface area (Å²) in [6, 6.07) is 5.15. The van der Waals surface area contributed by atoms with Crippen molar-refractivity contribution in [3.05, 3.63) is 38.6 Å². The second kappa shape index (κ2) is 7.25. The van der Waals surface area contributed by atoms with Gasteiger partial charge in [-0.15, -0.1) is 0 Å². The summed E-state index contributed by atoms with van der Waals surface area (Å²) in [5.41, 5.74) is 7.02. The molecule has 4 rings (SSSR count). The lowest BCUT2D eigenvalue weighted by atomic mass is 9.77. The largest absolute Gasteiger partial charge is 0.383 e. The van der Waals surface area contributed by atoms with E-state index in [-0.39, 0.29) is 22.4 Å². The molecular weight excluding hydrogens is 399 g/mol. The Morgan fingerprint density at radius 3 is 2.64 bits per heavy atom. The number of aromatic nitrogens is 2. The van der Waals surface area contributed by atoms with Crippen LogP contribution in [0.3, 0.4) is 0 Å². The zero-order valence-corrected chi connectivity index (χ0v) is 17.6. The third kappa shape index (κ3) is 3.27. The van der Waals surface area contributed by atoms with Gasteiger partial charge in [-0.3, -0.25) is 9.36 Å². The number of halogens is 2. The van der Waals surface area contributed by atoms with E-state index in [2.05, 4.69) is 16.8 Å². The highest BCUT2D eigenvalue weighted by Crippen LogP contribution is 2.42. The minimum absolute atomic E-state index is 0.167.